The van der Waals surface area contributed by atoms with Crippen molar-refractivity contribution in [2.45, 2.75) is 26.7 Å². The number of carbonyl (C=O) groups excluding carboxylic acids is 1. The number of nitrogens with zero attached hydrogens (tertiary/aromatic N) is 3. The second-order valence-corrected chi connectivity index (χ2v) is 6.77. The molecule has 1 heterocycles. The number of aromatic nitrogens is 2. The van der Waals surface area contributed by atoms with Gasteiger partial charge in [0.15, 0.2) is 0 Å². The third-order valence-corrected chi connectivity index (χ3v) is 4.17. The quantitative estimate of drug-likeness (QED) is 0.674. The van der Waals surface area contributed by atoms with Crippen LogP contribution in [-0.4, -0.2) is 15.9 Å². The van der Waals surface area contributed by atoms with Gasteiger partial charge in [0.25, 0.3) is 5.91 Å². The smallest absolute Gasteiger partial charge is 0.274 e. The summed E-state index contributed by atoms with van der Waals surface area (Å²) in [6.07, 6.45) is 0. The molecule has 0 atom stereocenters. The second kappa shape index (κ2) is 8.31. The van der Waals surface area contributed by atoms with Crippen molar-refractivity contribution >= 4 is 23.2 Å². The van der Waals surface area contributed by atoms with Gasteiger partial charge in [0, 0.05) is 17.1 Å². The van der Waals surface area contributed by atoms with E-state index in [0.29, 0.717) is 28.8 Å². The van der Waals surface area contributed by atoms with Gasteiger partial charge < -0.3 is 10.6 Å². The first kappa shape index (κ1) is 19.1. The summed E-state index contributed by atoms with van der Waals surface area (Å²) < 4.78 is 0. The fourth-order valence-electron chi connectivity index (χ4n) is 2.68. The molecule has 0 aliphatic rings. The molecule has 1 aromatic heterocycles. The van der Waals surface area contributed by atoms with E-state index < -0.39 is 0 Å². The standard InChI is InChI=1S/C22H21N5O/c1-14(2)17-7-9-18(10-8-17)26-22-24-15(3)11-20(27-22)21(28)25-19-6-4-5-16(12-19)13-23/h4-12,14H,1-3H3,(H,25,28)(H,24,26,27). The van der Waals surface area contributed by atoms with Crippen molar-refractivity contribution in [3.63, 3.8) is 0 Å². The SMILES string of the molecule is Cc1cc(C(=O)Nc2cccc(C#N)c2)nc(Nc2ccc(C(C)C)cc2)n1. The van der Waals surface area contributed by atoms with E-state index in [1.165, 1.54) is 5.56 Å². The number of benzene rings is 2. The molecule has 0 saturated heterocycles. The maximum Gasteiger partial charge on any atom is 0.274 e. The van der Waals surface area contributed by atoms with Crippen LogP contribution in [0.2, 0.25) is 0 Å². The van der Waals surface area contributed by atoms with E-state index in [1.54, 1.807) is 30.3 Å². The fourth-order valence-corrected chi connectivity index (χ4v) is 2.68. The molecule has 28 heavy (non-hydrogen) atoms. The van der Waals surface area contributed by atoms with Crippen LogP contribution in [0.15, 0.2) is 54.6 Å². The Morgan fingerprint density at radius 2 is 1.79 bits per heavy atom. The van der Waals surface area contributed by atoms with Gasteiger partial charge in [-0.3, -0.25) is 4.79 Å². The number of nitrogens with one attached hydrogen (secondary N) is 2. The zero-order valence-electron chi connectivity index (χ0n) is 16.0. The molecule has 0 radical (unpaired) electrons. The largest absolute Gasteiger partial charge is 0.324 e. The molecule has 0 saturated carbocycles. The Kier molecular flexibility index (Phi) is 5.66. The van der Waals surface area contributed by atoms with E-state index in [1.807, 2.05) is 25.1 Å². The summed E-state index contributed by atoms with van der Waals surface area (Å²) in [6, 6.07) is 18.4. The van der Waals surface area contributed by atoms with E-state index in [4.69, 9.17) is 5.26 Å². The van der Waals surface area contributed by atoms with E-state index >= 15 is 0 Å². The number of carbonyl (C=O) groups is 1. The van der Waals surface area contributed by atoms with Gasteiger partial charge in [-0.05, 0) is 54.8 Å². The maximum atomic E-state index is 12.6. The van der Waals surface area contributed by atoms with E-state index in [9.17, 15) is 4.79 Å². The molecule has 0 unspecified atom stereocenters. The van der Waals surface area contributed by atoms with Gasteiger partial charge in [0.05, 0.1) is 11.6 Å². The van der Waals surface area contributed by atoms with Crippen molar-refractivity contribution < 1.29 is 4.79 Å². The predicted molar refractivity (Wildman–Crippen MR) is 110 cm³/mol. The third-order valence-electron chi connectivity index (χ3n) is 4.17. The molecule has 0 bridgehead atoms. The van der Waals surface area contributed by atoms with Crippen molar-refractivity contribution in [3.8, 4) is 6.07 Å². The summed E-state index contributed by atoms with van der Waals surface area (Å²) in [5.74, 6) is 0.450. The Labute approximate surface area is 164 Å². The molecule has 2 N–H and O–H groups in total. The summed E-state index contributed by atoms with van der Waals surface area (Å²) in [4.78, 5) is 21.3. The normalized spacial score (nSPS) is 10.4. The summed E-state index contributed by atoms with van der Waals surface area (Å²) in [5.41, 5.74) is 4.03. The van der Waals surface area contributed by atoms with Gasteiger partial charge in [-0.1, -0.05) is 32.0 Å². The average Bonchev–Trinajstić information content (AvgIpc) is 2.68. The van der Waals surface area contributed by atoms with Crippen LogP contribution in [0.25, 0.3) is 0 Å². The van der Waals surface area contributed by atoms with Gasteiger partial charge in [0.1, 0.15) is 5.69 Å². The summed E-state index contributed by atoms with van der Waals surface area (Å²) >= 11 is 0. The number of rotatable bonds is 5. The lowest BCUT2D eigenvalue weighted by Crippen LogP contribution is -2.15. The minimum Gasteiger partial charge on any atom is -0.324 e. The molecule has 0 fully saturated rings. The second-order valence-electron chi connectivity index (χ2n) is 6.77. The summed E-state index contributed by atoms with van der Waals surface area (Å²) in [5, 5.41) is 14.9. The maximum absolute atomic E-state index is 12.6. The van der Waals surface area contributed by atoms with Crippen LogP contribution in [0.3, 0.4) is 0 Å². The summed E-state index contributed by atoms with van der Waals surface area (Å²) in [7, 11) is 0. The number of hydrogen-bond donors (Lipinski definition) is 2. The number of hydrogen-bond acceptors (Lipinski definition) is 5. The molecular weight excluding hydrogens is 350 g/mol. The lowest BCUT2D eigenvalue weighted by molar-refractivity contribution is 0.102. The van der Waals surface area contributed by atoms with Crippen molar-refractivity contribution in [2.24, 2.45) is 0 Å². The average molecular weight is 371 g/mol. The van der Waals surface area contributed by atoms with Crippen LogP contribution < -0.4 is 10.6 Å². The molecule has 3 rings (SSSR count). The Hall–Kier alpha value is -3.72. The van der Waals surface area contributed by atoms with Crippen molar-refractivity contribution in [2.75, 3.05) is 10.6 Å². The highest BCUT2D eigenvalue weighted by Crippen LogP contribution is 2.20. The van der Waals surface area contributed by atoms with Crippen LogP contribution in [0.1, 0.15) is 47.1 Å². The van der Waals surface area contributed by atoms with E-state index in [2.05, 4.69) is 46.6 Å². The molecule has 0 spiro atoms. The molecule has 6 nitrogen and oxygen atoms in total. The van der Waals surface area contributed by atoms with Crippen LogP contribution in [0.4, 0.5) is 17.3 Å². The summed E-state index contributed by atoms with van der Waals surface area (Å²) in [6.45, 7) is 6.09. The third kappa shape index (κ3) is 4.71. The first-order chi connectivity index (χ1) is 13.4. The molecule has 140 valence electrons. The monoisotopic (exact) mass is 371 g/mol. The van der Waals surface area contributed by atoms with Gasteiger partial charge in [-0.2, -0.15) is 5.26 Å². The van der Waals surface area contributed by atoms with Crippen LogP contribution in [0, 0.1) is 18.3 Å². The Morgan fingerprint density at radius 3 is 2.46 bits per heavy atom. The zero-order chi connectivity index (χ0) is 20.1. The Morgan fingerprint density at radius 1 is 1.04 bits per heavy atom. The molecule has 0 aliphatic carbocycles. The number of amides is 1. The van der Waals surface area contributed by atoms with E-state index in [0.717, 1.165) is 5.69 Å². The lowest BCUT2D eigenvalue weighted by Gasteiger charge is -2.10. The predicted octanol–water partition coefficient (Wildman–Crippen LogP) is 4.78. The van der Waals surface area contributed by atoms with Crippen LogP contribution in [0.5, 0.6) is 0 Å². The van der Waals surface area contributed by atoms with Gasteiger partial charge in [-0.15, -0.1) is 0 Å². The number of anilines is 3. The molecular formula is C22H21N5O. The molecule has 0 aliphatic heterocycles. The minimum absolute atomic E-state index is 0.246. The van der Waals surface area contributed by atoms with E-state index in [-0.39, 0.29) is 11.6 Å². The van der Waals surface area contributed by atoms with Crippen molar-refractivity contribution in [1.29, 1.82) is 5.26 Å². The highest BCUT2D eigenvalue weighted by Gasteiger charge is 2.12. The lowest BCUT2D eigenvalue weighted by atomic mass is 10.0. The highest BCUT2D eigenvalue weighted by molar-refractivity contribution is 6.03. The minimum atomic E-state index is -0.362. The molecule has 6 heteroatoms. The zero-order valence-corrected chi connectivity index (χ0v) is 16.0. The number of nitriles is 1. The van der Waals surface area contributed by atoms with Crippen molar-refractivity contribution in [1.82, 2.24) is 9.97 Å². The Balaban J connectivity index is 1.78. The molecule has 2 aromatic carbocycles. The van der Waals surface area contributed by atoms with Gasteiger partial charge >= 0.3 is 0 Å². The van der Waals surface area contributed by atoms with Crippen molar-refractivity contribution in [3.05, 3.63) is 77.1 Å². The number of aryl methyl sites for hydroxylation is 1. The fraction of sp³-hybridized carbons (Fsp3) is 0.182. The van der Waals surface area contributed by atoms with Gasteiger partial charge in [-0.25, -0.2) is 9.97 Å². The Bertz CT molecular complexity index is 1040. The highest BCUT2D eigenvalue weighted by atomic mass is 16.1. The van der Waals surface area contributed by atoms with Crippen LogP contribution in [-0.2, 0) is 0 Å². The van der Waals surface area contributed by atoms with Gasteiger partial charge in [0.2, 0.25) is 5.95 Å². The van der Waals surface area contributed by atoms with Crippen LogP contribution >= 0.6 is 0 Å². The topological polar surface area (TPSA) is 90.7 Å². The molecule has 3 aromatic rings. The molecule has 1 amide bonds. The first-order valence-electron chi connectivity index (χ1n) is 8.99. The first-order valence-corrected chi connectivity index (χ1v) is 8.99.